The second-order valence-electron chi connectivity index (χ2n) is 8.99. The Kier molecular flexibility index (Phi) is 7.40. The van der Waals surface area contributed by atoms with E-state index in [1.54, 1.807) is 30.3 Å². The molecule has 0 saturated heterocycles. The fourth-order valence-electron chi connectivity index (χ4n) is 4.15. The zero-order valence-corrected chi connectivity index (χ0v) is 21.1. The molecule has 1 atom stereocenters. The van der Waals surface area contributed by atoms with Crippen molar-refractivity contribution in [2.45, 2.75) is 19.5 Å². The van der Waals surface area contributed by atoms with E-state index in [1.165, 1.54) is 29.2 Å². The van der Waals surface area contributed by atoms with E-state index in [4.69, 9.17) is 13.9 Å². The van der Waals surface area contributed by atoms with E-state index in [2.05, 4.69) is 5.32 Å². The summed E-state index contributed by atoms with van der Waals surface area (Å²) in [6.45, 7) is 1.48. The van der Waals surface area contributed by atoms with Gasteiger partial charge in [-0.15, -0.1) is 0 Å². The maximum absolute atomic E-state index is 13.1. The number of nitrogens with zero attached hydrogens (tertiary/aromatic N) is 1. The number of amides is 2. The molecule has 8 nitrogen and oxygen atoms in total. The number of rotatable bonds is 9. The van der Waals surface area contributed by atoms with Gasteiger partial charge in [-0.05, 0) is 67.1 Å². The van der Waals surface area contributed by atoms with Crippen LogP contribution in [0.3, 0.4) is 0 Å². The van der Waals surface area contributed by atoms with Gasteiger partial charge in [0.15, 0.2) is 24.8 Å². The summed E-state index contributed by atoms with van der Waals surface area (Å²) >= 11 is 0. The highest BCUT2D eigenvalue weighted by Crippen LogP contribution is 2.34. The molecule has 1 N–H and O–H groups in total. The number of halogens is 1. The van der Waals surface area contributed by atoms with Crippen LogP contribution in [0.2, 0.25) is 0 Å². The summed E-state index contributed by atoms with van der Waals surface area (Å²) in [5, 5.41) is 2.90. The first-order chi connectivity index (χ1) is 18.9. The number of ketones is 1. The molecule has 2 heterocycles. The van der Waals surface area contributed by atoms with E-state index in [0.29, 0.717) is 28.5 Å². The Morgan fingerprint density at radius 1 is 1.03 bits per heavy atom. The molecule has 1 aliphatic rings. The fraction of sp³-hybridized carbons (Fsp3) is 0.167. The predicted octanol–water partition coefficient (Wildman–Crippen LogP) is 5.10. The molecule has 0 fully saturated rings. The Balaban J connectivity index is 1.27. The monoisotopic (exact) mass is 528 g/mol. The van der Waals surface area contributed by atoms with Gasteiger partial charge in [0.25, 0.3) is 11.8 Å². The number of nitrogens with one attached hydrogen (secondary N) is 1. The summed E-state index contributed by atoms with van der Waals surface area (Å²) in [5.74, 6) is -0.120. The molecule has 9 heteroatoms. The lowest BCUT2D eigenvalue weighted by Crippen LogP contribution is -2.38. The molecule has 2 amide bonds. The fourth-order valence-corrected chi connectivity index (χ4v) is 4.15. The summed E-state index contributed by atoms with van der Waals surface area (Å²) in [5.41, 5.74) is 1.68. The second kappa shape index (κ2) is 11.2. The number of carbonyl (C=O) groups is 3. The van der Waals surface area contributed by atoms with Gasteiger partial charge in [-0.25, -0.2) is 4.39 Å². The van der Waals surface area contributed by atoms with Crippen molar-refractivity contribution < 1.29 is 32.7 Å². The van der Waals surface area contributed by atoms with Gasteiger partial charge in [0, 0.05) is 5.56 Å². The first kappa shape index (κ1) is 25.7. The van der Waals surface area contributed by atoms with Gasteiger partial charge >= 0.3 is 0 Å². The zero-order valence-electron chi connectivity index (χ0n) is 21.1. The number of fused-ring (bicyclic) bond motifs is 1. The summed E-state index contributed by atoms with van der Waals surface area (Å²) < 4.78 is 29.9. The quantitative estimate of drug-likeness (QED) is 0.304. The van der Waals surface area contributed by atoms with Crippen LogP contribution in [0.1, 0.15) is 45.2 Å². The predicted molar refractivity (Wildman–Crippen MR) is 140 cm³/mol. The number of ether oxygens (including phenoxy) is 2. The van der Waals surface area contributed by atoms with Crippen molar-refractivity contribution in [2.24, 2.45) is 0 Å². The molecule has 39 heavy (non-hydrogen) atoms. The molecular weight excluding hydrogens is 503 g/mol. The number of Topliss-reactive ketones (excluding diaryl/α,β-unsaturated/α-hetero) is 1. The molecule has 4 aromatic rings. The molecule has 0 spiro atoms. The lowest BCUT2D eigenvalue weighted by Gasteiger charge is -2.29. The Bertz CT molecular complexity index is 1500. The van der Waals surface area contributed by atoms with E-state index in [1.807, 2.05) is 37.3 Å². The van der Waals surface area contributed by atoms with Crippen molar-refractivity contribution in [2.75, 3.05) is 18.1 Å². The van der Waals surface area contributed by atoms with Crippen LogP contribution in [-0.4, -0.2) is 30.8 Å². The van der Waals surface area contributed by atoms with Crippen molar-refractivity contribution in [1.82, 2.24) is 5.32 Å². The Labute approximate surface area is 223 Å². The molecule has 1 aliphatic heterocycles. The molecular formula is C30H25FN2O6. The Hall–Kier alpha value is -4.92. The average Bonchev–Trinajstić information content (AvgIpc) is 3.43. The summed E-state index contributed by atoms with van der Waals surface area (Å²) in [6.07, 6.45) is 0. The van der Waals surface area contributed by atoms with E-state index >= 15 is 0 Å². The molecule has 0 aliphatic carbocycles. The van der Waals surface area contributed by atoms with E-state index < -0.39 is 5.82 Å². The summed E-state index contributed by atoms with van der Waals surface area (Å²) in [6, 6.07) is 22.6. The minimum absolute atomic E-state index is 0.0421. The second-order valence-corrected chi connectivity index (χ2v) is 8.99. The summed E-state index contributed by atoms with van der Waals surface area (Å²) in [7, 11) is 0. The van der Waals surface area contributed by atoms with E-state index in [-0.39, 0.29) is 49.2 Å². The number of hydrogen-bond donors (Lipinski definition) is 1. The number of carbonyl (C=O) groups excluding carboxylic acids is 3. The molecule has 198 valence electrons. The Morgan fingerprint density at radius 3 is 2.56 bits per heavy atom. The lowest BCUT2D eigenvalue weighted by atomic mass is 10.1. The van der Waals surface area contributed by atoms with Crippen LogP contribution in [0.25, 0.3) is 0 Å². The van der Waals surface area contributed by atoms with Crippen LogP contribution in [0.4, 0.5) is 10.1 Å². The van der Waals surface area contributed by atoms with Gasteiger partial charge in [0.05, 0.1) is 18.3 Å². The van der Waals surface area contributed by atoms with Crippen molar-refractivity contribution in [3.05, 3.63) is 113 Å². The van der Waals surface area contributed by atoms with Gasteiger partial charge in [0.2, 0.25) is 0 Å². The van der Waals surface area contributed by atoms with Gasteiger partial charge < -0.3 is 19.2 Å². The number of furan rings is 1. The largest absolute Gasteiger partial charge is 0.485 e. The SMILES string of the molecule is CC(NC(=O)c1ccc(CN2C(=O)COc3ccc(C(=O)COc4ccc(F)cc4)cc32)o1)c1ccccc1. The van der Waals surface area contributed by atoms with Crippen LogP contribution in [0.15, 0.2) is 89.3 Å². The van der Waals surface area contributed by atoms with Crippen molar-refractivity contribution in [3.8, 4) is 11.5 Å². The minimum Gasteiger partial charge on any atom is -0.485 e. The van der Waals surface area contributed by atoms with Crippen LogP contribution < -0.4 is 19.7 Å². The highest BCUT2D eigenvalue weighted by Gasteiger charge is 2.28. The summed E-state index contributed by atoms with van der Waals surface area (Å²) in [4.78, 5) is 39.7. The standard InChI is InChI=1S/C30H25FN2O6/c1-19(20-5-3-2-4-6-20)32-30(36)28-14-12-24(39-28)16-33-25-15-21(7-13-27(25)38-18-29(33)35)26(34)17-37-23-10-8-22(31)9-11-23/h2-15,19H,16-18H2,1H3,(H,32,36). The number of hydrogen-bond acceptors (Lipinski definition) is 6. The Morgan fingerprint density at radius 2 is 1.79 bits per heavy atom. The topological polar surface area (TPSA) is 98.1 Å². The average molecular weight is 529 g/mol. The molecule has 1 aromatic heterocycles. The first-order valence-corrected chi connectivity index (χ1v) is 12.3. The third-order valence-corrected chi connectivity index (χ3v) is 6.25. The highest BCUT2D eigenvalue weighted by molar-refractivity contribution is 6.02. The smallest absolute Gasteiger partial charge is 0.287 e. The normalized spacial score (nSPS) is 13.3. The van der Waals surface area contributed by atoms with Crippen LogP contribution in [-0.2, 0) is 11.3 Å². The van der Waals surface area contributed by atoms with Gasteiger partial charge in [-0.3, -0.25) is 19.3 Å². The maximum Gasteiger partial charge on any atom is 0.287 e. The van der Waals surface area contributed by atoms with Crippen LogP contribution in [0, 0.1) is 5.82 Å². The molecule has 0 bridgehead atoms. The molecule has 0 saturated carbocycles. The van der Waals surface area contributed by atoms with E-state index in [0.717, 1.165) is 5.56 Å². The van der Waals surface area contributed by atoms with E-state index in [9.17, 15) is 18.8 Å². The van der Waals surface area contributed by atoms with Crippen LogP contribution in [0.5, 0.6) is 11.5 Å². The molecule has 5 rings (SSSR count). The van der Waals surface area contributed by atoms with Crippen molar-refractivity contribution in [1.29, 1.82) is 0 Å². The molecule has 3 aromatic carbocycles. The number of anilines is 1. The third kappa shape index (κ3) is 5.98. The van der Waals surface area contributed by atoms with Crippen molar-refractivity contribution >= 4 is 23.3 Å². The zero-order chi connectivity index (χ0) is 27.4. The third-order valence-electron chi connectivity index (χ3n) is 6.25. The highest BCUT2D eigenvalue weighted by atomic mass is 19.1. The van der Waals surface area contributed by atoms with Crippen LogP contribution >= 0.6 is 0 Å². The van der Waals surface area contributed by atoms with Crippen molar-refractivity contribution in [3.63, 3.8) is 0 Å². The minimum atomic E-state index is -0.404. The van der Waals surface area contributed by atoms with Gasteiger partial charge in [-0.2, -0.15) is 0 Å². The van der Waals surface area contributed by atoms with Gasteiger partial charge in [-0.1, -0.05) is 30.3 Å². The van der Waals surface area contributed by atoms with Gasteiger partial charge in [0.1, 0.15) is 23.1 Å². The lowest BCUT2D eigenvalue weighted by molar-refractivity contribution is -0.121. The number of benzene rings is 3. The first-order valence-electron chi connectivity index (χ1n) is 12.3. The maximum atomic E-state index is 13.1. The molecule has 0 radical (unpaired) electrons. The molecule has 1 unspecified atom stereocenters.